The van der Waals surface area contributed by atoms with E-state index in [1.165, 1.54) is 5.56 Å². The van der Waals surface area contributed by atoms with Crippen LogP contribution in [0, 0.1) is 0 Å². The number of hydrogen-bond donors (Lipinski definition) is 2. The van der Waals surface area contributed by atoms with Crippen LogP contribution in [0.4, 0.5) is 5.82 Å². The van der Waals surface area contributed by atoms with Gasteiger partial charge in [-0.15, -0.1) is 0 Å². The zero-order chi connectivity index (χ0) is 14.5. The molecule has 0 radical (unpaired) electrons. The van der Waals surface area contributed by atoms with E-state index < -0.39 is 0 Å². The minimum Gasteiger partial charge on any atom is -0.350 e. The second-order valence-corrected chi connectivity index (χ2v) is 5.26. The Kier molecular flexibility index (Phi) is 4.25. The maximum absolute atomic E-state index is 11.8. The maximum Gasteiger partial charge on any atom is 0.290 e. The molecule has 0 unspecified atom stereocenters. The predicted octanol–water partition coefficient (Wildman–Crippen LogP) is 0.923. The molecule has 0 aromatic carbocycles. The summed E-state index contributed by atoms with van der Waals surface area (Å²) in [4.78, 5) is 24.8. The Morgan fingerprint density at radius 3 is 3.00 bits per heavy atom. The molecule has 0 saturated carbocycles. The van der Waals surface area contributed by atoms with Crippen LogP contribution in [-0.2, 0) is 6.54 Å². The first-order valence-electron chi connectivity index (χ1n) is 7.24. The SMILES string of the molecule is O=c1[nH]ccnc1N1CCC[C@@H](NCc2ccncc2)C1. The molecular weight excluding hydrogens is 266 g/mol. The molecule has 1 aliphatic rings. The molecule has 1 atom stereocenters. The Morgan fingerprint density at radius 2 is 2.19 bits per heavy atom. The Bertz CT molecular complexity index is 627. The van der Waals surface area contributed by atoms with Gasteiger partial charge in [0.25, 0.3) is 5.56 Å². The highest BCUT2D eigenvalue weighted by atomic mass is 16.1. The summed E-state index contributed by atoms with van der Waals surface area (Å²) in [6.07, 6.45) is 8.98. The van der Waals surface area contributed by atoms with Crippen LogP contribution >= 0.6 is 0 Å². The first-order valence-corrected chi connectivity index (χ1v) is 7.24. The number of pyridine rings is 1. The molecule has 0 amide bonds. The van der Waals surface area contributed by atoms with Crippen molar-refractivity contribution >= 4 is 5.82 Å². The second-order valence-electron chi connectivity index (χ2n) is 5.26. The standard InChI is InChI=1S/C15H19N5O/c21-15-14(17-7-8-18-15)20-9-1-2-13(11-20)19-10-12-3-5-16-6-4-12/h3-8,13,19H,1-2,9-11H2,(H,18,21)/t13-/m1/s1. The van der Waals surface area contributed by atoms with E-state index in [0.29, 0.717) is 11.9 Å². The van der Waals surface area contributed by atoms with Crippen molar-refractivity contribution in [3.63, 3.8) is 0 Å². The Balaban J connectivity index is 1.61. The quantitative estimate of drug-likeness (QED) is 0.874. The third-order valence-corrected chi connectivity index (χ3v) is 3.75. The van der Waals surface area contributed by atoms with E-state index in [-0.39, 0.29) is 5.56 Å². The van der Waals surface area contributed by atoms with E-state index in [4.69, 9.17) is 0 Å². The summed E-state index contributed by atoms with van der Waals surface area (Å²) < 4.78 is 0. The Morgan fingerprint density at radius 1 is 1.33 bits per heavy atom. The fraction of sp³-hybridized carbons (Fsp3) is 0.400. The van der Waals surface area contributed by atoms with Crippen LogP contribution in [0.3, 0.4) is 0 Å². The highest BCUT2D eigenvalue weighted by Gasteiger charge is 2.22. The van der Waals surface area contributed by atoms with Gasteiger partial charge in [-0.1, -0.05) is 0 Å². The maximum atomic E-state index is 11.8. The van der Waals surface area contributed by atoms with Crippen molar-refractivity contribution in [1.82, 2.24) is 20.3 Å². The average Bonchev–Trinajstić information content (AvgIpc) is 2.55. The summed E-state index contributed by atoms with van der Waals surface area (Å²) in [6.45, 7) is 2.51. The lowest BCUT2D eigenvalue weighted by atomic mass is 10.1. The van der Waals surface area contributed by atoms with Crippen LogP contribution in [0.2, 0.25) is 0 Å². The summed E-state index contributed by atoms with van der Waals surface area (Å²) in [6, 6.07) is 4.39. The topological polar surface area (TPSA) is 73.9 Å². The number of hydrogen-bond acceptors (Lipinski definition) is 5. The molecule has 2 aromatic rings. The second kappa shape index (κ2) is 6.49. The van der Waals surface area contributed by atoms with E-state index in [2.05, 4.69) is 25.2 Å². The van der Waals surface area contributed by atoms with E-state index in [9.17, 15) is 4.79 Å². The highest BCUT2D eigenvalue weighted by molar-refractivity contribution is 5.36. The molecular formula is C15H19N5O. The van der Waals surface area contributed by atoms with Gasteiger partial charge in [0.05, 0.1) is 0 Å². The first kappa shape index (κ1) is 13.8. The van der Waals surface area contributed by atoms with E-state index >= 15 is 0 Å². The third kappa shape index (κ3) is 3.46. The van der Waals surface area contributed by atoms with Gasteiger partial charge in [0, 0.05) is 50.5 Å². The lowest BCUT2D eigenvalue weighted by molar-refractivity contribution is 0.419. The number of nitrogens with one attached hydrogen (secondary N) is 2. The number of rotatable bonds is 4. The smallest absolute Gasteiger partial charge is 0.290 e. The van der Waals surface area contributed by atoms with Crippen LogP contribution in [0.5, 0.6) is 0 Å². The molecule has 21 heavy (non-hydrogen) atoms. The third-order valence-electron chi connectivity index (χ3n) is 3.75. The number of anilines is 1. The van der Waals surface area contributed by atoms with Crippen molar-refractivity contribution in [2.24, 2.45) is 0 Å². The van der Waals surface area contributed by atoms with Crippen LogP contribution in [0.25, 0.3) is 0 Å². The first-order chi connectivity index (χ1) is 10.3. The largest absolute Gasteiger partial charge is 0.350 e. The number of piperidine rings is 1. The lowest BCUT2D eigenvalue weighted by Gasteiger charge is -2.33. The molecule has 1 saturated heterocycles. The summed E-state index contributed by atoms with van der Waals surface area (Å²) in [5.41, 5.74) is 1.10. The Labute approximate surface area is 123 Å². The number of nitrogens with zero attached hydrogens (tertiary/aromatic N) is 3. The normalized spacial score (nSPS) is 18.7. The molecule has 1 fully saturated rings. The van der Waals surface area contributed by atoms with Crippen molar-refractivity contribution in [3.8, 4) is 0 Å². The number of aromatic amines is 1. The van der Waals surface area contributed by atoms with Gasteiger partial charge in [-0.25, -0.2) is 4.98 Å². The molecule has 6 nitrogen and oxygen atoms in total. The van der Waals surface area contributed by atoms with Crippen molar-refractivity contribution in [3.05, 3.63) is 52.8 Å². The van der Waals surface area contributed by atoms with Gasteiger partial charge in [0.2, 0.25) is 0 Å². The van der Waals surface area contributed by atoms with Gasteiger partial charge in [-0.2, -0.15) is 0 Å². The van der Waals surface area contributed by atoms with Gasteiger partial charge < -0.3 is 15.2 Å². The molecule has 6 heteroatoms. The molecule has 2 N–H and O–H groups in total. The molecule has 0 aliphatic carbocycles. The van der Waals surface area contributed by atoms with Crippen LogP contribution in [-0.4, -0.2) is 34.1 Å². The van der Waals surface area contributed by atoms with Crippen molar-refractivity contribution in [1.29, 1.82) is 0 Å². The monoisotopic (exact) mass is 285 g/mol. The molecule has 3 rings (SSSR count). The fourth-order valence-corrected chi connectivity index (χ4v) is 2.67. The molecule has 110 valence electrons. The summed E-state index contributed by atoms with van der Waals surface area (Å²) in [5.74, 6) is 0.521. The molecule has 2 aromatic heterocycles. The summed E-state index contributed by atoms with van der Waals surface area (Å²) >= 11 is 0. The molecule has 0 spiro atoms. The van der Waals surface area contributed by atoms with E-state index in [0.717, 1.165) is 32.5 Å². The molecule has 0 bridgehead atoms. The highest BCUT2D eigenvalue weighted by Crippen LogP contribution is 2.14. The molecule has 1 aliphatic heterocycles. The van der Waals surface area contributed by atoms with Crippen molar-refractivity contribution in [2.45, 2.75) is 25.4 Å². The van der Waals surface area contributed by atoms with Crippen LogP contribution < -0.4 is 15.8 Å². The van der Waals surface area contributed by atoms with Gasteiger partial charge in [-0.3, -0.25) is 9.78 Å². The van der Waals surface area contributed by atoms with Crippen molar-refractivity contribution < 1.29 is 0 Å². The molecule has 3 heterocycles. The van der Waals surface area contributed by atoms with Crippen LogP contribution in [0.15, 0.2) is 41.7 Å². The zero-order valence-electron chi connectivity index (χ0n) is 11.8. The van der Waals surface area contributed by atoms with E-state index in [1.54, 1.807) is 24.8 Å². The minimum absolute atomic E-state index is 0.118. The van der Waals surface area contributed by atoms with Crippen LogP contribution in [0.1, 0.15) is 18.4 Å². The van der Waals surface area contributed by atoms with Gasteiger partial charge in [-0.05, 0) is 30.5 Å². The summed E-state index contributed by atoms with van der Waals surface area (Å²) in [7, 11) is 0. The fourth-order valence-electron chi connectivity index (χ4n) is 2.67. The number of aromatic nitrogens is 3. The predicted molar refractivity (Wildman–Crippen MR) is 81.2 cm³/mol. The lowest BCUT2D eigenvalue weighted by Crippen LogP contribution is -2.47. The number of H-pyrrole nitrogens is 1. The zero-order valence-corrected chi connectivity index (χ0v) is 11.8. The summed E-state index contributed by atoms with van der Waals surface area (Å²) in [5, 5.41) is 3.55. The minimum atomic E-state index is -0.118. The van der Waals surface area contributed by atoms with Gasteiger partial charge >= 0.3 is 0 Å². The van der Waals surface area contributed by atoms with E-state index in [1.807, 2.05) is 12.1 Å². The van der Waals surface area contributed by atoms with Crippen molar-refractivity contribution in [2.75, 3.05) is 18.0 Å². The van der Waals surface area contributed by atoms with Gasteiger partial charge in [0.15, 0.2) is 5.82 Å². The average molecular weight is 285 g/mol. The Hall–Kier alpha value is -2.21. The van der Waals surface area contributed by atoms with Gasteiger partial charge in [0.1, 0.15) is 0 Å².